The first kappa shape index (κ1) is 18.4. The molecule has 2 aromatic carbocycles. The van der Waals surface area contributed by atoms with Crippen LogP contribution in [-0.2, 0) is 20.1 Å². The largest absolute Gasteiger partial charge is 0.329 e. The number of benzene rings is 2. The maximum atomic E-state index is 14.8. The van der Waals surface area contributed by atoms with Crippen LogP contribution in [0.25, 0.3) is 22.0 Å². The SMILES string of the molecule is Cn1cc2cc(-c3cc(F)c(CN4Cc5scc(Br)c5C4=O)c(F)c3)ccc2n1. The lowest BCUT2D eigenvalue weighted by atomic mass is 10.0. The normalized spacial score (nSPS) is 13.5. The summed E-state index contributed by atoms with van der Waals surface area (Å²) in [7, 11) is 1.82. The van der Waals surface area contributed by atoms with Crippen LogP contribution in [0.1, 0.15) is 20.8 Å². The van der Waals surface area contributed by atoms with Gasteiger partial charge in [0.05, 0.1) is 24.2 Å². The lowest BCUT2D eigenvalue weighted by Crippen LogP contribution is -2.24. The van der Waals surface area contributed by atoms with Gasteiger partial charge in [-0.05, 0) is 51.3 Å². The van der Waals surface area contributed by atoms with Gasteiger partial charge in [0.2, 0.25) is 0 Å². The van der Waals surface area contributed by atoms with E-state index in [1.165, 1.54) is 28.4 Å². The Bertz CT molecular complexity index is 1270. The highest BCUT2D eigenvalue weighted by Gasteiger charge is 2.32. The number of hydrogen-bond acceptors (Lipinski definition) is 3. The van der Waals surface area contributed by atoms with Crippen LogP contribution in [0.2, 0.25) is 0 Å². The van der Waals surface area contributed by atoms with Crippen LogP contribution in [0.5, 0.6) is 0 Å². The maximum Gasteiger partial charge on any atom is 0.256 e. The summed E-state index contributed by atoms with van der Waals surface area (Å²) in [6.45, 7) is 0.259. The van der Waals surface area contributed by atoms with E-state index in [1.807, 2.05) is 30.8 Å². The number of amides is 1. The molecule has 3 heterocycles. The van der Waals surface area contributed by atoms with Crippen LogP contribution < -0.4 is 0 Å². The van der Waals surface area contributed by atoms with Crippen LogP contribution >= 0.6 is 27.3 Å². The van der Waals surface area contributed by atoms with E-state index in [9.17, 15) is 13.6 Å². The summed E-state index contributed by atoms with van der Waals surface area (Å²) in [4.78, 5) is 14.9. The first-order valence-corrected chi connectivity index (χ1v) is 10.5. The van der Waals surface area contributed by atoms with Crippen molar-refractivity contribution in [1.82, 2.24) is 14.7 Å². The van der Waals surface area contributed by atoms with Gasteiger partial charge < -0.3 is 4.90 Å². The monoisotopic (exact) mass is 473 g/mol. The maximum absolute atomic E-state index is 14.8. The van der Waals surface area contributed by atoms with Gasteiger partial charge in [-0.15, -0.1) is 11.3 Å². The van der Waals surface area contributed by atoms with Crippen molar-refractivity contribution in [3.8, 4) is 11.1 Å². The number of carbonyl (C=O) groups is 1. The zero-order chi connectivity index (χ0) is 20.3. The van der Waals surface area contributed by atoms with E-state index < -0.39 is 11.6 Å². The molecular weight excluding hydrogens is 460 g/mol. The van der Waals surface area contributed by atoms with Crippen molar-refractivity contribution in [2.45, 2.75) is 13.1 Å². The molecule has 0 saturated carbocycles. The van der Waals surface area contributed by atoms with E-state index >= 15 is 0 Å². The van der Waals surface area contributed by atoms with E-state index in [2.05, 4.69) is 21.0 Å². The van der Waals surface area contributed by atoms with Gasteiger partial charge in [-0.25, -0.2) is 8.78 Å². The van der Waals surface area contributed by atoms with Crippen LogP contribution in [0.4, 0.5) is 8.78 Å². The molecule has 0 saturated heterocycles. The summed E-state index contributed by atoms with van der Waals surface area (Å²) in [5, 5.41) is 7.06. The summed E-state index contributed by atoms with van der Waals surface area (Å²) in [5.41, 5.74) is 2.47. The second-order valence-electron chi connectivity index (χ2n) is 7.04. The van der Waals surface area contributed by atoms with Crippen molar-refractivity contribution in [2.75, 3.05) is 0 Å². The molecule has 0 aliphatic carbocycles. The lowest BCUT2D eigenvalue weighted by molar-refractivity contribution is 0.0763. The molecule has 2 aromatic heterocycles. The predicted octanol–water partition coefficient (Wildman–Crippen LogP) is 5.50. The average molecular weight is 474 g/mol. The number of halogens is 3. The smallest absolute Gasteiger partial charge is 0.256 e. The van der Waals surface area contributed by atoms with E-state index in [0.717, 1.165) is 20.3 Å². The molecule has 1 amide bonds. The fourth-order valence-electron chi connectivity index (χ4n) is 3.68. The van der Waals surface area contributed by atoms with Crippen molar-refractivity contribution in [3.63, 3.8) is 0 Å². The van der Waals surface area contributed by atoms with Crippen LogP contribution in [0, 0.1) is 11.6 Å². The topological polar surface area (TPSA) is 38.1 Å². The molecule has 4 aromatic rings. The van der Waals surface area contributed by atoms with Crippen LogP contribution in [-0.4, -0.2) is 20.6 Å². The standard InChI is InChI=1S/C21H14BrF2N3OS/c1-26-7-13-4-11(2-3-18(13)25-26)12-5-16(23)14(17(24)6-12)8-27-9-19-20(21(27)28)15(22)10-29-19/h2-7,10H,8-9H2,1H3. The van der Waals surface area contributed by atoms with Crippen molar-refractivity contribution >= 4 is 44.1 Å². The average Bonchev–Trinajstić information content (AvgIpc) is 3.32. The zero-order valence-electron chi connectivity index (χ0n) is 15.2. The number of rotatable bonds is 3. The van der Waals surface area contributed by atoms with Gasteiger partial charge in [0.1, 0.15) is 11.6 Å². The van der Waals surface area contributed by atoms with Crippen LogP contribution in [0.3, 0.4) is 0 Å². The van der Waals surface area contributed by atoms with Gasteiger partial charge >= 0.3 is 0 Å². The molecule has 29 heavy (non-hydrogen) atoms. The fraction of sp³-hybridized carbons (Fsp3) is 0.143. The van der Waals surface area contributed by atoms with Crippen LogP contribution in [0.15, 0.2) is 46.4 Å². The molecule has 0 N–H and O–H groups in total. The number of aryl methyl sites for hydroxylation is 1. The van der Waals surface area contributed by atoms with Crippen molar-refractivity contribution < 1.29 is 13.6 Å². The summed E-state index contributed by atoms with van der Waals surface area (Å²) < 4.78 is 32.1. The Balaban J connectivity index is 1.46. The van der Waals surface area contributed by atoms with Crippen molar-refractivity contribution in [1.29, 1.82) is 0 Å². The molecule has 146 valence electrons. The zero-order valence-corrected chi connectivity index (χ0v) is 17.7. The molecule has 8 heteroatoms. The molecule has 5 rings (SSSR count). The minimum absolute atomic E-state index is 0.101. The van der Waals surface area contributed by atoms with Gasteiger partial charge in [-0.3, -0.25) is 9.48 Å². The molecule has 0 radical (unpaired) electrons. The van der Waals surface area contributed by atoms with E-state index in [0.29, 0.717) is 23.2 Å². The number of carbonyl (C=O) groups excluding carboxylic acids is 1. The molecule has 4 nitrogen and oxygen atoms in total. The quantitative estimate of drug-likeness (QED) is 0.394. The highest BCUT2D eigenvalue weighted by molar-refractivity contribution is 9.10. The number of hydrogen-bond donors (Lipinski definition) is 0. The molecule has 1 aliphatic heterocycles. The van der Waals surface area contributed by atoms with Gasteiger partial charge in [0, 0.05) is 38.9 Å². The minimum atomic E-state index is -0.659. The third-order valence-electron chi connectivity index (χ3n) is 5.10. The number of nitrogens with zero attached hydrogens (tertiary/aromatic N) is 3. The fourth-order valence-corrected chi connectivity index (χ4v) is 5.41. The summed E-state index contributed by atoms with van der Waals surface area (Å²) >= 11 is 4.83. The molecule has 0 fully saturated rings. The van der Waals surface area contributed by atoms with Gasteiger partial charge in [0.15, 0.2) is 0 Å². The molecule has 0 atom stereocenters. The lowest BCUT2D eigenvalue weighted by Gasteiger charge is -2.17. The van der Waals surface area contributed by atoms with Crippen molar-refractivity contribution in [3.05, 3.63) is 74.0 Å². The molecular formula is C21H14BrF2N3OS. The Morgan fingerprint density at radius 1 is 1.17 bits per heavy atom. The Kier molecular flexibility index (Phi) is 4.29. The van der Waals surface area contributed by atoms with Gasteiger partial charge in [0.25, 0.3) is 5.91 Å². The highest BCUT2D eigenvalue weighted by atomic mass is 79.9. The summed E-state index contributed by atoms with van der Waals surface area (Å²) in [6.07, 6.45) is 1.86. The Morgan fingerprint density at radius 3 is 2.66 bits per heavy atom. The van der Waals surface area contributed by atoms with Gasteiger partial charge in [-0.2, -0.15) is 5.10 Å². The Labute approximate surface area is 177 Å². The van der Waals surface area contributed by atoms with E-state index in [-0.39, 0.29) is 18.0 Å². The number of thiophene rings is 1. The third-order valence-corrected chi connectivity index (χ3v) is 7.00. The number of fused-ring (bicyclic) bond motifs is 2. The van der Waals surface area contributed by atoms with E-state index in [1.54, 1.807) is 10.7 Å². The van der Waals surface area contributed by atoms with Gasteiger partial charge in [-0.1, -0.05) is 6.07 Å². The Morgan fingerprint density at radius 2 is 1.93 bits per heavy atom. The van der Waals surface area contributed by atoms with Crippen molar-refractivity contribution in [2.24, 2.45) is 7.05 Å². The molecule has 0 unspecified atom stereocenters. The predicted molar refractivity (Wildman–Crippen MR) is 112 cm³/mol. The minimum Gasteiger partial charge on any atom is -0.329 e. The van der Waals surface area contributed by atoms with E-state index in [4.69, 9.17) is 0 Å². The first-order valence-electron chi connectivity index (χ1n) is 8.87. The molecule has 1 aliphatic rings. The molecule has 0 bridgehead atoms. The second kappa shape index (κ2) is 6.74. The first-order chi connectivity index (χ1) is 13.9. The third kappa shape index (κ3) is 3.07. The molecule has 0 spiro atoms. The Hall–Kier alpha value is -2.58. The summed E-state index contributed by atoms with van der Waals surface area (Å²) in [6, 6.07) is 8.12. The number of aromatic nitrogens is 2. The highest BCUT2D eigenvalue weighted by Crippen LogP contribution is 2.36. The summed E-state index contributed by atoms with van der Waals surface area (Å²) in [5.74, 6) is -1.53. The second-order valence-corrected chi connectivity index (χ2v) is 8.86.